The predicted octanol–water partition coefficient (Wildman–Crippen LogP) is 4.85. The van der Waals surface area contributed by atoms with E-state index in [-0.39, 0.29) is 6.10 Å². The lowest BCUT2D eigenvalue weighted by Crippen LogP contribution is -2.15. The Bertz CT molecular complexity index is 683. The summed E-state index contributed by atoms with van der Waals surface area (Å²) in [7, 11) is 0. The van der Waals surface area contributed by atoms with Crippen molar-refractivity contribution in [3.63, 3.8) is 0 Å². The Morgan fingerprint density at radius 1 is 0.800 bits per heavy atom. The lowest BCUT2D eigenvalue weighted by atomic mass is 10.0. The fourth-order valence-corrected chi connectivity index (χ4v) is 2.55. The summed E-state index contributed by atoms with van der Waals surface area (Å²) in [4.78, 5) is 0. The number of fused-ring (bicyclic) bond motifs is 1. The van der Waals surface area contributed by atoms with Gasteiger partial charge in [-0.05, 0) is 35.4 Å². The maximum atomic E-state index is 5.97. The molecule has 1 heteroatoms. The van der Waals surface area contributed by atoms with Gasteiger partial charge in [-0.3, -0.25) is 0 Å². The molecule has 0 saturated carbocycles. The van der Waals surface area contributed by atoms with Crippen molar-refractivity contribution < 1.29 is 4.74 Å². The third kappa shape index (κ3) is 2.83. The van der Waals surface area contributed by atoms with Crippen molar-refractivity contribution in [2.75, 3.05) is 0 Å². The number of hydrogen-bond donors (Lipinski definition) is 0. The molecule has 0 aliphatic heterocycles. The number of hydrogen-bond acceptors (Lipinski definition) is 1. The predicted molar refractivity (Wildman–Crippen MR) is 84.2 cm³/mol. The summed E-state index contributed by atoms with van der Waals surface area (Å²) in [6.07, 6.45) is 1.07. The van der Waals surface area contributed by atoms with Crippen molar-refractivity contribution in [3.8, 4) is 5.75 Å². The monoisotopic (exact) mass is 262 g/mol. The first-order valence-corrected chi connectivity index (χ1v) is 7.01. The van der Waals surface area contributed by atoms with E-state index in [0.717, 1.165) is 12.2 Å². The van der Waals surface area contributed by atoms with E-state index in [1.54, 1.807) is 0 Å². The van der Waals surface area contributed by atoms with E-state index in [9.17, 15) is 0 Å². The third-order valence-electron chi connectivity index (χ3n) is 3.47. The molecule has 0 aliphatic rings. The number of benzene rings is 3. The van der Waals surface area contributed by atoms with Crippen LogP contribution in [0.5, 0.6) is 5.75 Å². The van der Waals surface area contributed by atoms with Gasteiger partial charge in [0, 0.05) is 6.42 Å². The second-order valence-corrected chi connectivity index (χ2v) is 5.08. The van der Waals surface area contributed by atoms with Gasteiger partial charge in [0.15, 0.2) is 0 Å². The molecule has 3 aromatic rings. The number of ether oxygens (including phenoxy) is 1. The maximum absolute atomic E-state index is 5.97. The molecule has 0 bridgehead atoms. The summed E-state index contributed by atoms with van der Waals surface area (Å²) in [5.74, 6) is 0.931. The van der Waals surface area contributed by atoms with E-state index in [1.165, 1.54) is 16.3 Å². The van der Waals surface area contributed by atoms with Crippen LogP contribution in [-0.4, -0.2) is 6.10 Å². The van der Waals surface area contributed by atoms with E-state index in [1.807, 2.05) is 30.3 Å². The van der Waals surface area contributed by atoms with Crippen LogP contribution in [0.1, 0.15) is 12.5 Å². The zero-order valence-electron chi connectivity index (χ0n) is 11.6. The van der Waals surface area contributed by atoms with Crippen LogP contribution in [0.3, 0.4) is 0 Å². The molecule has 0 spiro atoms. The average molecular weight is 262 g/mol. The molecule has 1 nitrogen and oxygen atoms in total. The first kappa shape index (κ1) is 12.7. The molecular formula is C19H18O. The Labute approximate surface area is 119 Å². The van der Waals surface area contributed by atoms with Crippen molar-refractivity contribution >= 4 is 10.8 Å². The van der Waals surface area contributed by atoms with E-state index in [2.05, 4.69) is 49.4 Å². The Morgan fingerprint density at radius 3 is 2.35 bits per heavy atom. The molecule has 1 unspecified atom stereocenters. The van der Waals surface area contributed by atoms with Gasteiger partial charge in [0.05, 0.1) is 6.10 Å². The fraction of sp³-hybridized carbons (Fsp3) is 0.158. The van der Waals surface area contributed by atoms with E-state index in [0.29, 0.717) is 0 Å². The minimum absolute atomic E-state index is 0.156. The Kier molecular flexibility index (Phi) is 3.69. The van der Waals surface area contributed by atoms with Gasteiger partial charge in [0.25, 0.3) is 0 Å². The zero-order valence-corrected chi connectivity index (χ0v) is 11.6. The van der Waals surface area contributed by atoms with E-state index >= 15 is 0 Å². The maximum Gasteiger partial charge on any atom is 0.119 e. The molecule has 0 saturated heterocycles. The average Bonchev–Trinajstić information content (AvgIpc) is 2.48. The Balaban J connectivity index is 1.79. The molecule has 0 fully saturated rings. The van der Waals surface area contributed by atoms with Gasteiger partial charge in [0.2, 0.25) is 0 Å². The highest BCUT2D eigenvalue weighted by Crippen LogP contribution is 2.21. The van der Waals surface area contributed by atoms with Gasteiger partial charge in [-0.1, -0.05) is 60.7 Å². The van der Waals surface area contributed by atoms with E-state index in [4.69, 9.17) is 4.74 Å². The Morgan fingerprint density at radius 2 is 1.50 bits per heavy atom. The molecule has 20 heavy (non-hydrogen) atoms. The second kappa shape index (κ2) is 5.79. The van der Waals surface area contributed by atoms with Crippen molar-refractivity contribution in [3.05, 3.63) is 78.4 Å². The van der Waals surface area contributed by atoms with Crippen molar-refractivity contribution in [2.24, 2.45) is 0 Å². The SMILES string of the molecule is CC(Cc1cccc2ccccc12)Oc1ccccc1. The topological polar surface area (TPSA) is 9.23 Å². The lowest BCUT2D eigenvalue weighted by Gasteiger charge is -2.16. The minimum atomic E-state index is 0.156. The van der Waals surface area contributed by atoms with Crippen LogP contribution in [0.25, 0.3) is 10.8 Å². The van der Waals surface area contributed by atoms with Gasteiger partial charge in [-0.25, -0.2) is 0 Å². The van der Waals surface area contributed by atoms with Crippen molar-refractivity contribution in [2.45, 2.75) is 19.4 Å². The molecule has 0 heterocycles. The normalized spacial score (nSPS) is 12.2. The van der Waals surface area contributed by atoms with Gasteiger partial charge in [-0.15, -0.1) is 0 Å². The molecule has 3 rings (SSSR count). The molecule has 100 valence electrons. The van der Waals surface area contributed by atoms with Crippen LogP contribution in [0, 0.1) is 0 Å². The molecule has 0 aliphatic carbocycles. The fourth-order valence-electron chi connectivity index (χ4n) is 2.55. The molecule has 0 amide bonds. The molecule has 0 aromatic heterocycles. The van der Waals surface area contributed by atoms with Crippen LogP contribution in [0.15, 0.2) is 72.8 Å². The summed E-state index contributed by atoms with van der Waals surface area (Å²) in [5, 5.41) is 2.61. The van der Waals surface area contributed by atoms with Crippen LogP contribution < -0.4 is 4.74 Å². The first-order valence-electron chi connectivity index (χ1n) is 7.01. The highest BCUT2D eigenvalue weighted by atomic mass is 16.5. The van der Waals surface area contributed by atoms with Crippen molar-refractivity contribution in [1.82, 2.24) is 0 Å². The second-order valence-electron chi connectivity index (χ2n) is 5.08. The van der Waals surface area contributed by atoms with Gasteiger partial charge in [0.1, 0.15) is 5.75 Å². The highest BCUT2D eigenvalue weighted by Gasteiger charge is 2.08. The number of para-hydroxylation sites is 1. The molecule has 0 N–H and O–H groups in total. The Hall–Kier alpha value is -2.28. The summed E-state index contributed by atoms with van der Waals surface area (Å²) < 4.78 is 5.97. The molecular weight excluding hydrogens is 244 g/mol. The quantitative estimate of drug-likeness (QED) is 0.653. The van der Waals surface area contributed by atoms with Gasteiger partial charge in [-0.2, -0.15) is 0 Å². The summed E-state index contributed by atoms with van der Waals surface area (Å²) in [6, 6.07) is 25.0. The first-order chi connectivity index (χ1) is 9.83. The summed E-state index contributed by atoms with van der Waals surface area (Å²) in [5.41, 5.74) is 1.34. The summed E-state index contributed by atoms with van der Waals surface area (Å²) >= 11 is 0. The van der Waals surface area contributed by atoms with Crippen LogP contribution >= 0.6 is 0 Å². The van der Waals surface area contributed by atoms with Crippen LogP contribution in [0.2, 0.25) is 0 Å². The standard InChI is InChI=1S/C19H18O/c1-15(20-18-11-3-2-4-12-18)14-17-10-7-9-16-8-5-6-13-19(16)17/h2-13,15H,14H2,1H3. The minimum Gasteiger partial charge on any atom is -0.490 e. The largest absolute Gasteiger partial charge is 0.490 e. The smallest absolute Gasteiger partial charge is 0.119 e. The number of rotatable bonds is 4. The lowest BCUT2D eigenvalue weighted by molar-refractivity contribution is 0.222. The third-order valence-corrected chi connectivity index (χ3v) is 3.47. The van der Waals surface area contributed by atoms with Gasteiger partial charge < -0.3 is 4.74 Å². The van der Waals surface area contributed by atoms with Gasteiger partial charge >= 0.3 is 0 Å². The molecule has 3 aromatic carbocycles. The van der Waals surface area contributed by atoms with Crippen LogP contribution in [0.4, 0.5) is 0 Å². The van der Waals surface area contributed by atoms with Crippen molar-refractivity contribution in [1.29, 1.82) is 0 Å². The summed E-state index contributed by atoms with van der Waals surface area (Å²) in [6.45, 7) is 2.12. The van der Waals surface area contributed by atoms with Crippen LogP contribution in [-0.2, 0) is 6.42 Å². The zero-order chi connectivity index (χ0) is 13.8. The molecule has 1 atom stereocenters. The van der Waals surface area contributed by atoms with E-state index < -0.39 is 0 Å². The highest BCUT2D eigenvalue weighted by molar-refractivity contribution is 5.85. The molecule has 0 radical (unpaired) electrons.